The highest BCUT2D eigenvalue weighted by molar-refractivity contribution is 5.36. The molecule has 3 nitrogen and oxygen atoms in total. The summed E-state index contributed by atoms with van der Waals surface area (Å²) in [6.45, 7) is 2.66. The highest BCUT2D eigenvalue weighted by Crippen LogP contribution is 2.29. The summed E-state index contributed by atoms with van der Waals surface area (Å²) in [4.78, 5) is 9.18. The Morgan fingerprint density at radius 2 is 2.33 bits per heavy atom. The first-order chi connectivity index (χ1) is 5.68. The number of aliphatic hydroxyl groups is 1. The van der Waals surface area contributed by atoms with E-state index in [0.29, 0.717) is 13.1 Å². The zero-order valence-corrected chi connectivity index (χ0v) is 7.25. The van der Waals surface area contributed by atoms with Crippen molar-refractivity contribution in [3.05, 3.63) is 0 Å². The molecule has 0 radical (unpaired) electrons. The second kappa shape index (κ2) is 5.62. The molecule has 1 fully saturated rings. The van der Waals surface area contributed by atoms with Gasteiger partial charge in [-0.25, -0.2) is 0 Å². The van der Waals surface area contributed by atoms with E-state index in [9.17, 15) is 4.79 Å². The van der Waals surface area contributed by atoms with Crippen LogP contribution in [0.2, 0.25) is 0 Å². The maximum atomic E-state index is 9.18. The Hall–Kier alpha value is -1.01. The van der Waals surface area contributed by atoms with E-state index >= 15 is 0 Å². The van der Waals surface area contributed by atoms with Crippen molar-refractivity contribution in [2.24, 2.45) is 0 Å². The Morgan fingerprint density at radius 3 is 2.33 bits per heavy atom. The van der Waals surface area contributed by atoms with Crippen molar-refractivity contribution in [1.29, 1.82) is 0 Å². The first-order valence-electron chi connectivity index (χ1n) is 3.94. The van der Waals surface area contributed by atoms with Crippen LogP contribution in [0.3, 0.4) is 0 Å². The molecule has 0 unspecified atom stereocenters. The van der Waals surface area contributed by atoms with Crippen LogP contribution in [0.5, 0.6) is 0 Å². The molecule has 0 aromatic rings. The van der Waals surface area contributed by atoms with Crippen LogP contribution in [-0.2, 0) is 9.53 Å². The first kappa shape index (κ1) is 11.0. The molecular weight excluding hydrogens is 156 g/mol. The highest BCUT2D eigenvalue weighted by Gasteiger charge is 2.31. The van der Waals surface area contributed by atoms with Gasteiger partial charge in [0, 0.05) is 0 Å². The number of hydrogen-bond donors (Lipinski definition) is 1. The summed E-state index contributed by atoms with van der Waals surface area (Å²) in [6.07, 6.45) is 7.64. The van der Waals surface area contributed by atoms with E-state index in [2.05, 4.69) is 10.7 Å². The summed E-state index contributed by atoms with van der Waals surface area (Å²) in [5, 5.41) is 8.98. The minimum absolute atomic E-state index is 0.431. The predicted molar refractivity (Wildman–Crippen MR) is 45.3 cm³/mol. The summed E-state index contributed by atoms with van der Waals surface area (Å²) in [6, 6.07) is 0. The molecule has 68 valence electrons. The Balaban J connectivity index is 0.000000217. The summed E-state index contributed by atoms with van der Waals surface area (Å²) < 4.78 is 4.15. The quantitative estimate of drug-likeness (QED) is 0.490. The van der Waals surface area contributed by atoms with E-state index in [0.717, 1.165) is 19.3 Å². The lowest BCUT2D eigenvalue weighted by Gasteiger charge is -2.30. The fraction of sp³-hybridized carbons (Fsp3) is 0.667. The molecule has 1 rings (SSSR count). The van der Waals surface area contributed by atoms with Gasteiger partial charge >= 0.3 is 0 Å². The molecule has 12 heavy (non-hydrogen) atoms. The van der Waals surface area contributed by atoms with Crippen LogP contribution in [0.1, 0.15) is 26.2 Å². The molecule has 1 aliphatic rings. The number of terminal acetylenes is 1. The lowest BCUT2D eigenvalue weighted by atomic mass is 9.81. The molecule has 3 heteroatoms. The topological polar surface area (TPSA) is 46.5 Å². The van der Waals surface area contributed by atoms with Gasteiger partial charge in [-0.2, -0.15) is 0 Å². The van der Waals surface area contributed by atoms with Gasteiger partial charge < -0.3 is 9.84 Å². The molecule has 0 amide bonds. The van der Waals surface area contributed by atoms with E-state index in [1.54, 1.807) is 6.92 Å². The SMILES string of the molecule is C#CC1(O)CCC1.CCOC=O. The number of hydrogen-bond acceptors (Lipinski definition) is 3. The third-order valence-corrected chi connectivity index (χ3v) is 1.68. The normalized spacial score (nSPS) is 17.4. The van der Waals surface area contributed by atoms with Gasteiger partial charge in [0.25, 0.3) is 6.47 Å². The molecule has 0 atom stereocenters. The van der Waals surface area contributed by atoms with E-state index in [1.807, 2.05) is 0 Å². The largest absolute Gasteiger partial charge is 0.468 e. The number of ether oxygens (including phenoxy) is 1. The van der Waals surface area contributed by atoms with Gasteiger partial charge in [-0.3, -0.25) is 4.79 Å². The van der Waals surface area contributed by atoms with Gasteiger partial charge in [-0.15, -0.1) is 6.42 Å². The van der Waals surface area contributed by atoms with Gasteiger partial charge in [0.05, 0.1) is 6.61 Å². The van der Waals surface area contributed by atoms with Crippen molar-refractivity contribution < 1.29 is 14.6 Å². The monoisotopic (exact) mass is 170 g/mol. The van der Waals surface area contributed by atoms with Gasteiger partial charge in [-0.05, 0) is 26.2 Å². The lowest BCUT2D eigenvalue weighted by Crippen LogP contribution is -2.34. The summed E-state index contributed by atoms with van der Waals surface area (Å²) in [5.41, 5.74) is -0.708. The zero-order valence-electron chi connectivity index (χ0n) is 7.25. The van der Waals surface area contributed by atoms with E-state index in [4.69, 9.17) is 11.5 Å². The molecule has 1 saturated carbocycles. The first-order valence-corrected chi connectivity index (χ1v) is 3.94. The van der Waals surface area contributed by atoms with Crippen LogP contribution < -0.4 is 0 Å². The summed E-state index contributed by atoms with van der Waals surface area (Å²) in [5.74, 6) is 2.33. The Morgan fingerprint density at radius 1 is 1.75 bits per heavy atom. The Bertz CT molecular complexity index is 165. The smallest absolute Gasteiger partial charge is 0.293 e. The molecule has 0 aromatic heterocycles. The van der Waals surface area contributed by atoms with Crippen LogP contribution in [-0.4, -0.2) is 23.8 Å². The molecular formula is C9H14O3. The molecule has 1 N–H and O–H groups in total. The second-order valence-electron chi connectivity index (χ2n) is 2.58. The standard InChI is InChI=1S/C6H8O.C3H6O2/c1-2-6(7)4-3-5-6;1-2-5-3-4/h1,7H,3-5H2;3H,2H2,1H3. The third-order valence-electron chi connectivity index (χ3n) is 1.68. The van der Waals surface area contributed by atoms with Gasteiger partial charge in [0.1, 0.15) is 5.60 Å². The maximum Gasteiger partial charge on any atom is 0.293 e. The highest BCUT2D eigenvalue weighted by atomic mass is 16.5. The molecule has 0 bridgehead atoms. The second-order valence-corrected chi connectivity index (χ2v) is 2.58. The van der Waals surface area contributed by atoms with Crippen LogP contribution in [0.4, 0.5) is 0 Å². The van der Waals surface area contributed by atoms with Crippen molar-refractivity contribution in [2.45, 2.75) is 31.8 Å². The minimum atomic E-state index is -0.708. The molecule has 1 aliphatic carbocycles. The Labute approximate surface area is 72.7 Å². The molecule has 0 aliphatic heterocycles. The summed E-state index contributed by atoms with van der Waals surface area (Å²) >= 11 is 0. The predicted octanol–water partition coefficient (Wildman–Crippen LogP) is 0.714. The van der Waals surface area contributed by atoms with Gasteiger partial charge in [0.15, 0.2) is 0 Å². The van der Waals surface area contributed by atoms with Crippen LogP contribution in [0.15, 0.2) is 0 Å². The summed E-state index contributed by atoms with van der Waals surface area (Å²) in [7, 11) is 0. The number of carbonyl (C=O) groups excluding carboxylic acids is 1. The molecule has 0 heterocycles. The zero-order chi connectivity index (χ0) is 9.45. The van der Waals surface area contributed by atoms with Crippen molar-refractivity contribution >= 4 is 6.47 Å². The Kier molecular flexibility index (Phi) is 5.14. The molecule has 0 aromatic carbocycles. The van der Waals surface area contributed by atoms with E-state index in [-0.39, 0.29) is 0 Å². The van der Waals surface area contributed by atoms with Crippen molar-refractivity contribution in [3.63, 3.8) is 0 Å². The van der Waals surface area contributed by atoms with E-state index < -0.39 is 5.60 Å². The van der Waals surface area contributed by atoms with Crippen molar-refractivity contribution in [1.82, 2.24) is 0 Å². The average molecular weight is 170 g/mol. The number of carbonyl (C=O) groups is 1. The van der Waals surface area contributed by atoms with Crippen LogP contribution in [0, 0.1) is 12.3 Å². The van der Waals surface area contributed by atoms with Crippen molar-refractivity contribution in [3.8, 4) is 12.3 Å². The fourth-order valence-electron chi connectivity index (χ4n) is 0.724. The van der Waals surface area contributed by atoms with Gasteiger partial charge in [0.2, 0.25) is 0 Å². The van der Waals surface area contributed by atoms with Crippen LogP contribution >= 0.6 is 0 Å². The third kappa shape index (κ3) is 3.99. The van der Waals surface area contributed by atoms with Gasteiger partial charge in [-0.1, -0.05) is 5.92 Å². The van der Waals surface area contributed by atoms with E-state index in [1.165, 1.54) is 0 Å². The van der Waals surface area contributed by atoms with Crippen molar-refractivity contribution in [2.75, 3.05) is 6.61 Å². The molecule has 0 spiro atoms. The average Bonchev–Trinajstić information content (AvgIpc) is 2.03. The fourth-order valence-corrected chi connectivity index (χ4v) is 0.724. The number of rotatable bonds is 2. The van der Waals surface area contributed by atoms with Crippen LogP contribution in [0.25, 0.3) is 0 Å². The lowest BCUT2D eigenvalue weighted by molar-refractivity contribution is -0.128. The maximum absolute atomic E-state index is 9.18. The minimum Gasteiger partial charge on any atom is -0.468 e. The molecule has 0 saturated heterocycles.